The number of hydrogen-bond acceptors (Lipinski definition) is 9. The number of para-hydroxylation sites is 1. The molecule has 9 heteroatoms. The average molecular weight is 488 g/mol. The van der Waals surface area contributed by atoms with Crippen LogP contribution < -0.4 is 24.7 Å². The fourth-order valence-corrected chi connectivity index (χ4v) is 4.37. The molecular formula is C27H33N7O2. The predicted molar refractivity (Wildman–Crippen MR) is 143 cm³/mol. The fraction of sp³-hybridized carbons (Fsp3) is 0.407. The van der Waals surface area contributed by atoms with Gasteiger partial charge in [-0.1, -0.05) is 18.2 Å². The third-order valence-corrected chi connectivity index (χ3v) is 6.35. The van der Waals surface area contributed by atoms with E-state index < -0.39 is 0 Å². The van der Waals surface area contributed by atoms with Crippen LogP contribution in [0.15, 0.2) is 53.6 Å². The highest BCUT2D eigenvalue weighted by molar-refractivity contribution is 5.80. The van der Waals surface area contributed by atoms with Gasteiger partial charge in [0.15, 0.2) is 0 Å². The predicted octanol–water partition coefficient (Wildman–Crippen LogP) is 4.28. The van der Waals surface area contributed by atoms with Gasteiger partial charge in [0.1, 0.15) is 24.7 Å². The summed E-state index contributed by atoms with van der Waals surface area (Å²) in [5.41, 5.74) is 5.06. The van der Waals surface area contributed by atoms with Crippen LogP contribution in [-0.2, 0) is 0 Å². The van der Waals surface area contributed by atoms with Crippen LogP contribution in [0.3, 0.4) is 0 Å². The Bertz CT molecular complexity index is 1120. The number of hydrogen-bond donors (Lipinski definition) is 1. The van der Waals surface area contributed by atoms with E-state index in [1.54, 1.807) is 6.21 Å². The molecule has 0 spiro atoms. The van der Waals surface area contributed by atoms with E-state index >= 15 is 0 Å². The van der Waals surface area contributed by atoms with Crippen LogP contribution in [0.1, 0.15) is 36.8 Å². The lowest BCUT2D eigenvalue weighted by Gasteiger charge is -2.20. The summed E-state index contributed by atoms with van der Waals surface area (Å²) in [4.78, 5) is 18.4. The van der Waals surface area contributed by atoms with E-state index in [0.717, 1.165) is 60.7 Å². The van der Waals surface area contributed by atoms with E-state index in [9.17, 15) is 0 Å². The Morgan fingerprint density at radius 1 is 0.806 bits per heavy atom. The van der Waals surface area contributed by atoms with Gasteiger partial charge in [-0.3, -0.25) is 0 Å². The van der Waals surface area contributed by atoms with Crippen molar-refractivity contribution < 1.29 is 9.47 Å². The highest BCUT2D eigenvalue weighted by Gasteiger charge is 2.21. The Kier molecular flexibility index (Phi) is 7.75. The molecule has 188 valence electrons. The lowest BCUT2D eigenvalue weighted by atomic mass is 10.2. The Hall–Kier alpha value is -3.88. The summed E-state index contributed by atoms with van der Waals surface area (Å²) in [7, 11) is 0. The van der Waals surface area contributed by atoms with Gasteiger partial charge in [-0.2, -0.15) is 20.1 Å². The molecular weight excluding hydrogens is 454 g/mol. The van der Waals surface area contributed by atoms with Gasteiger partial charge < -0.3 is 19.3 Å². The van der Waals surface area contributed by atoms with E-state index in [0.29, 0.717) is 19.2 Å². The number of ether oxygens (including phenoxy) is 2. The van der Waals surface area contributed by atoms with Gasteiger partial charge in [0.25, 0.3) is 0 Å². The van der Waals surface area contributed by atoms with Gasteiger partial charge in [-0.15, -0.1) is 0 Å². The second-order valence-electron chi connectivity index (χ2n) is 9.05. The summed E-state index contributed by atoms with van der Waals surface area (Å²) in [6, 6.07) is 15.7. The number of nitrogens with one attached hydrogen (secondary N) is 1. The molecule has 1 aromatic heterocycles. The number of aryl methyl sites for hydroxylation is 1. The number of anilines is 3. The summed E-state index contributed by atoms with van der Waals surface area (Å²) in [5, 5.41) is 4.37. The molecule has 2 fully saturated rings. The molecule has 0 atom stereocenters. The lowest BCUT2D eigenvalue weighted by Crippen LogP contribution is -2.25. The first kappa shape index (κ1) is 23.8. The minimum atomic E-state index is 0.471. The van der Waals surface area contributed by atoms with Gasteiger partial charge in [-0.05, 0) is 74.1 Å². The van der Waals surface area contributed by atoms with Crippen LogP contribution in [-0.4, -0.2) is 60.6 Å². The summed E-state index contributed by atoms with van der Waals surface area (Å²) in [5.74, 6) is 3.61. The van der Waals surface area contributed by atoms with Crippen molar-refractivity contribution in [2.75, 3.05) is 54.6 Å². The van der Waals surface area contributed by atoms with E-state index in [4.69, 9.17) is 14.5 Å². The Morgan fingerprint density at radius 2 is 1.42 bits per heavy atom. The monoisotopic (exact) mass is 487 g/mol. The quantitative estimate of drug-likeness (QED) is 0.258. The molecule has 2 saturated heterocycles. The number of hydrazone groups is 1. The molecule has 0 saturated carbocycles. The average Bonchev–Trinajstić information content (AvgIpc) is 3.64. The van der Waals surface area contributed by atoms with Crippen molar-refractivity contribution in [2.45, 2.75) is 32.6 Å². The first-order chi connectivity index (χ1) is 17.7. The minimum absolute atomic E-state index is 0.471. The molecule has 5 rings (SSSR count). The van der Waals surface area contributed by atoms with E-state index in [-0.39, 0.29) is 0 Å². The van der Waals surface area contributed by atoms with Crippen molar-refractivity contribution in [3.8, 4) is 11.5 Å². The first-order valence-electron chi connectivity index (χ1n) is 12.7. The highest BCUT2D eigenvalue weighted by Crippen LogP contribution is 2.23. The molecule has 2 aliphatic heterocycles. The number of benzene rings is 2. The third kappa shape index (κ3) is 6.21. The fourth-order valence-electron chi connectivity index (χ4n) is 4.37. The Labute approximate surface area is 212 Å². The summed E-state index contributed by atoms with van der Waals surface area (Å²) < 4.78 is 11.6. The summed E-state index contributed by atoms with van der Waals surface area (Å²) in [6.07, 6.45) is 6.44. The van der Waals surface area contributed by atoms with Crippen molar-refractivity contribution in [2.24, 2.45) is 5.10 Å². The molecule has 2 aliphatic rings. The second kappa shape index (κ2) is 11.7. The van der Waals surface area contributed by atoms with Gasteiger partial charge in [0.2, 0.25) is 17.8 Å². The maximum absolute atomic E-state index is 5.80. The lowest BCUT2D eigenvalue weighted by molar-refractivity contribution is 0.216. The van der Waals surface area contributed by atoms with Gasteiger partial charge in [0.05, 0.1) is 6.21 Å². The number of nitrogens with zero attached hydrogens (tertiary/aromatic N) is 6. The smallest absolute Gasteiger partial charge is 0.250 e. The third-order valence-electron chi connectivity index (χ3n) is 6.35. The first-order valence-corrected chi connectivity index (χ1v) is 12.7. The van der Waals surface area contributed by atoms with Crippen molar-refractivity contribution in [3.05, 3.63) is 59.7 Å². The van der Waals surface area contributed by atoms with Gasteiger partial charge >= 0.3 is 0 Å². The maximum Gasteiger partial charge on any atom is 0.250 e. The second-order valence-corrected chi connectivity index (χ2v) is 9.05. The molecule has 0 bridgehead atoms. The zero-order valence-corrected chi connectivity index (χ0v) is 20.8. The molecule has 0 radical (unpaired) electrons. The SMILES string of the molecule is Cc1ccccc1OCCOc1ccc(C=NNc2nc(N3CCCC3)nc(N3CCCC3)n2)cc1. The van der Waals surface area contributed by atoms with Crippen LogP contribution in [0.25, 0.3) is 0 Å². The largest absolute Gasteiger partial charge is 0.490 e. The zero-order valence-electron chi connectivity index (χ0n) is 20.8. The van der Waals surface area contributed by atoms with Crippen molar-refractivity contribution in [1.82, 2.24) is 15.0 Å². The number of aromatic nitrogens is 3. The standard InChI is InChI=1S/C27H33N7O2/c1-21-8-2-3-9-24(21)36-19-18-35-23-12-10-22(11-13-23)20-28-32-25-29-26(33-14-4-5-15-33)31-27(30-25)34-16-6-7-17-34/h2-3,8-13,20H,4-7,14-19H2,1H3,(H,29,30,31,32). The van der Waals surface area contributed by atoms with E-state index in [1.807, 2.05) is 55.5 Å². The van der Waals surface area contributed by atoms with Crippen molar-refractivity contribution in [1.29, 1.82) is 0 Å². The molecule has 0 aliphatic carbocycles. The summed E-state index contributed by atoms with van der Waals surface area (Å²) >= 11 is 0. The molecule has 0 amide bonds. The topological polar surface area (TPSA) is 88.0 Å². The highest BCUT2D eigenvalue weighted by atomic mass is 16.5. The summed E-state index contributed by atoms with van der Waals surface area (Å²) in [6.45, 7) is 6.93. The molecule has 2 aromatic carbocycles. The van der Waals surface area contributed by atoms with Crippen LogP contribution in [0.2, 0.25) is 0 Å². The van der Waals surface area contributed by atoms with Crippen LogP contribution >= 0.6 is 0 Å². The van der Waals surface area contributed by atoms with Crippen molar-refractivity contribution in [3.63, 3.8) is 0 Å². The molecule has 0 unspecified atom stereocenters. The molecule has 36 heavy (non-hydrogen) atoms. The van der Waals surface area contributed by atoms with E-state index in [2.05, 4.69) is 30.3 Å². The molecule has 3 heterocycles. The van der Waals surface area contributed by atoms with Crippen molar-refractivity contribution >= 4 is 24.1 Å². The molecule has 3 aromatic rings. The van der Waals surface area contributed by atoms with Crippen LogP contribution in [0, 0.1) is 6.92 Å². The van der Waals surface area contributed by atoms with Crippen LogP contribution in [0.4, 0.5) is 17.8 Å². The minimum Gasteiger partial charge on any atom is -0.490 e. The normalized spacial score (nSPS) is 15.6. The van der Waals surface area contributed by atoms with Crippen LogP contribution in [0.5, 0.6) is 11.5 Å². The van der Waals surface area contributed by atoms with Gasteiger partial charge in [-0.25, -0.2) is 5.43 Å². The Morgan fingerprint density at radius 3 is 2.06 bits per heavy atom. The molecule has 1 N–H and O–H groups in total. The Balaban J connectivity index is 1.15. The zero-order chi connectivity index (χ0) is 24.6. The van der Waals surface area contributed by atoms with E-state index in [1.165, 1.54) is 25.7 Å². The van der Waals surface area contributed by atoms with Gasteiger partial charge in [0, 0.05) is 26.2 Å². The maximum atomic E-state index is 5.80. The number of rotatable bonds is 10. The molecule has 9 nitrogen and oxygen atoms in total.